The fraction of sp³-hybridized carbons (Fsp3) is 0.938. The van der Waals surface area contributed by atoms with E-state index in [4.69, 9.17) is 5.11 Å². The van der Waals surface area contributed by atoms with Crippen LogP contribution in [0.3, 0.4) is 0 Å². The molecule has 0 aliphatic carbocycles. The fourth-order valence-corrected chi connectivity index (χ4v) is 4.55. The monoisotopic (exact) mass is 311 g/mol. The van der Waals surface area contributed by atoms with Gasteiger partial charge >= 0.3 is 0 Å². The van der Waals surface area contributed by atoms with E-state index in [1.807, 2.05) is 4.90 Å². The van der Waals surface area contributed by atoms with Crippen LogP contribution >= 0.6 is 0 Å². The molecule has 22 heavy (non-hydrogen) atoms. The van der Waals surface area contributed by atoms with Gasteiger partial charge in [0, 0.05) is 51.7 Å². The molecule has 3 aliphatic heterocycles. The highest BCUT2D eigenvalue weighted by molar-refractivity contribution is 5.77. The molecule has 3 saturated heterocycles. The number of likely N-dealkylation sites (tertiary alicyclic amines) is 1. The van der Waals surface area contributed by atoms with E-state index in [1.165, 1.54) is 0 Å². The molecule has 3 aliphatic rings. The van der Waals surface area contributed by atoms with Crippen LogP contribution in [0.15, 0.2) is 0 Å². The maximum atomic E-state index is 12.0. The molecular weight excluding hydrogens is 282 g/mol. The molecule has 1 amide bonds. The number of fused-ring (bicyclic) bond motifs is 2. The number of piperazine rings is 1. The Morgan fingerprint density at radius 1 is 1.27 bits per heavy atom. The first kappa shape index (κ1) is 16.2. The van der Waals surface area contributed by atoms with Gasteiger partial charge in [-0.05, 0) is 12.3 Å². The molecular formula is C16H29N3O3. The van der Waals surface area contributed by atoms with Gasteiger partial charge in [0.15, 0.2) is 0 Å². The van der Waals surface area contributed by atoms with Crippen LogP contribution < -0.4 is 0 Å². The van der Waals surface area contributed by atoms with E-state index in [1.54, 1.807) is 0 Å². The quantitative estimate of drug-likeness (QED) is 0.723. The number of rotatable bonds is 4. The summed E-state index contributed by atoms with van der Waals surface area (Å²) in [6.45, 7) is 9.70. The Hall–Kier alpha value is -0.690. The number of carbonyl (C=O) groups is 1. The molecule has 2 unspecified atom stereocenters. The molecule has 6 nitrogen and oxygen atoms in total. The minimum Gasteiger partial charge on any atom is -0.396 e. The normalized spacial score (nSPS) is 31.6. The summed E-state index contributed by atoms with van der Waals surface area (Å²) in [4.78, 5) is 18.8. The minimum atomic E-state index is -0.233. The zero-order chi connectivity index (χ0) is 15.9. The van der Waals surface area contributed by atoms with E-state index in [-0.39, 0.29) is 30.6 Å². The average molecular weight is 311 g/mol. The first-order valence-electron chi connectivity index (χ1n) is 8.49. The number of aliphatic hydroxyl groups excluding tert-OH is 2. The molecule has 3 heterocycles. The van der Waals surface area contributed by atoms with Crippen molar-refractivity contribution in [3.05, 3.63) is 0 Å². The van der Waals surface area contributed by atoms with Crippen LogP contribution in [0.25, 0.3) is 0 Å². The number of hydrogen-bond donors (Lipinski definition) is 2. The van der Waals surface area contributed by atoms with Crippen molar-refractivity contribution in [1.82, 2.24) is 14.7 Å². The van der Waals surface area contributed by atoms with Gasteiger partial charge in [-0.2, -0.15) is 0 Å². The summed E-state index contributed by atoms with van der Waals surface area (Å²) < 4.78 is 0. The zero-order valence-electron chi connectivity index (χ0n) is 13.7. The fourth-order valence-electron chi connectivity index (χ4n) is 4.55. The number of amides is 1. The van der Waals surface area contributed by atoms with Crippen LogP contribution in [0.4, 0.5) is 0 Å². The minimum absolute atomic E-state index is 0.0143. The predicted molar refractivity (Wildman–Crippen MR) is 83.4 cm³/mol. The topological polar surface area (TPSA) is 67.2 Å². The van der Waals surface area contributed by atoms with Crippen LogP contribution in [0.5, 0.6) is 0 Å². The number of nitrogens with zero attached hydrogens (tertiary/aromatic N) is 3. The third kappa shape index (κ3) is 2.89. The molecule has 2 N–H and O–H groups in total. The molecule has 0 bridgehead atoms. The maximum Gasteiger partial charge on any atom is 0.225 e. The van der Waals surface area contributed by atoms with E-state index in [0.29, 0.717) is 12.0 Å². The summed E-state index contributed by atoms with van der Waals surface area (Å²) in [6.07, 6.45) is 0.835. The van der Waals surface area contributed by atoms with Crippen LogP contribution in [0.2, 0.25) is 0 Å². The van der Waals surface area contributed by atoms with Crippen molar-refractivity contribution in [3.8, 4) is 0 Å². The Kier molecular flexibility index (Phi) is 4.47. The Labute approximate surface area is 132 Å². The summed E-state index contributed by atoms with van der Waals surface area (Å²) in [6, 6.07) is 0.414. The smallest absolute Gasteiger partial charge is 0.225 e. The van der Waals surface area contributed by atoms with Crippen molar-refractivity contribution in [1.29, 1.82) is 0 Å². The summed E-state index contributed by atoms with van der Waals surface area (Å²) in [5.74, 6) is 0.674. The van der Waals surface area contributed by atoms with Gasteiger partial charge in [-0.1, -0.05) is 13.8 Å². The molecule has 0 aromatic carbocycles. The summed E-state index contributed by atoms with van der Waals surface area (Å²) in [5.41, 5.74) is 0.0143. The molecule has 0 saturated carbocycles. The Balaban J connectivity index is 1.69. The molecule has 3 rings (SSSR count). The molecule has 0 aromatic heterocycles. The third-order valence-electron chi connectivity index (χ3n) is 5.26. The average Bonchev–Trinajstić information content (AvgIpc) is 2.75. The number of hydrogen-bond acceptors (Lipinski definition) is 5. The van der Waals surface area contributed by atoms with Crippen molar-refractivity contribution in [2.75, 3.05) is 45.9 Å². The van der Waals surface area contributed by atoms with E-state index in [9.17, 15) is 9.90 Å². The van der Waals surface area contributed by atoms with Gasteiger partial charge in [0.1, 0.15) is 0 Å². The standard InChI is InChI=1S/C16H29N3O3/c1-12(2)6-17-7-13-5-14(21)8-19(13)16(9-17)10-18(11-16)15(22)3-4-20/h12-14,20-21H,3-11H2,1-2H3. The third-order valence-corrected chi connectivity index (χ3v) is 5.26. The first-order chi connectivity index (χ1) is 10.4. The second-order valence-electron chi connectivity index (χ2n) is 7.73. The molecule has 2 atom stereocenters. The van der Waals surface area contributed by atoms with E-state index >= 15 is 0 Å². The lowest BCUT2D eigenvalue weighted by Gasteiger charge is -2.61. The molecule has 6 heteroatoms. The molecule has 0 radical (unpaired) electrons. The van der Waals surface area contributed by atoms with Gasteiger partial charge in [-0.3, -0.25) is 14.6 Å². The number of carbonyl (C=O) groups excluding carboxylic acids is 1. The zero-order valence-corrected chi connectivity index (χ0v) is 13.7. The highest BCUT2D eigenvalue weighted by atomic mass is 16.3. The van der Waals surface area contributed by atoms with Crippen molar-refractivity contribution < 1.29 is 15.0 Å². The molecule has 0 aromatic rings. The molecule has 1 spiro atoms. The van der Waals surface area contributed by atoms with Crippen molar-refractivity contribution >= 4 is 5.91 Å². The molecule has 126 valence electrons. The lowest BCUT2D eigenvalue weighted by atomic mass is 9.83. The predicted octanol–water partition coefficient (Wildman–Crippen LogP) is -0.643. The molecule has 3 fully saturated rings. The van der Waals surface area contributed by atoms with Crippen LogP contribution in [0.1, 0.15) is 26.7 Å². The van der Waals surface area contributed by atoms with Gasteiger partial charge in [-0.25, -0.2) is 0 Å². The second kappa shape index (κ2) is 6.07. The van der Waals surface area contributed by atoms with Crippen LogP contribution in [-0.4, -0.2) is 94.4 Å². The van der Waals surface area contributed by atoms with Gasteiger partial charge < -0.3 is 15.1 Å². The van der Waals surface area contributed by atoms with E-state index in [0.717, 1.165) is 45.7 Å². The van der Waals surface area contributed by atoms with Gasteiger partial charge in [0.2, 0.25) is 5.91 Å². The summed E-state index contributed by atoms with van der Waals surface area (Å²) in [5, 5.41) is 19.0. The summed E-state index contributed by atoms with van der Waals surface area (Å²) >= 11 is 0. The van der Waals surface area contributed by atoms with Gasteiger partial charge in [0.05, 0.1) is 18.2 Å². The SMILES string of the molecule is CC(C)CN1CC2CC(O)CN2C2(C1)CN(C(=O)CCO)C2. The van der Waals surface area contributed by atoms with E-state index < -0.39 is 0 Å². The van der Waals surface area contributed by atoms with Crippen LogP contribution in [0, 0.1) is 5.92 Å². The number of aliphatic hydroxyl groups is 2. The van der Waals surface area contributed by atoms with Crippen LogP contribution in [-0.2, 0) is 4.79 Å². The largest absolute Gasteiger partial charge is 0.396 e. The Bertz CT molecular complexity index is 423. The maximum absolute atomic E-state index is 12.0. The highest BCUT2D eigenvalue weighted by Gasteiger charge is 2.56. The Morgan fingerprint density at radius 2 is 2.00 bits per heavy atom. The first-order valence-corrected chi connectivity index (χ1v) is 8.49. The van der Waals surface area contributed by atoms with Crippen molar-refractivity contribution in [3.63, 3.8) is 0 Å². The van der Waals surface area contributed by atoms with Gasteiger partial charge in [0.25, 0.3) is 0 Å². The van der Waals surface area contributed by atoms with Gasteiger partial charge in [-0.15, -0.1) is 0 Å². The summed E-state index contributed by atoms with van der Waals surface area (Å²) in [7, 11) is 0. The lowest BCUT2D eigenvalue weighted by molar-refractivity contribution is -0.157. The highest BCUT2D eigenvalue weighted by Crippen LogP contribution is 2.39. The van der Waals surface area contributed by atoms with Crippen molar-refractivity contribution in [2.45, 2.75) is 44.4 Å². The lowest BCUT2D eigenvalue weighted by Crippen LogP contribution is -2.78. The van der Waals surface area contributed by atoms with Crippen molar-refractivity contribution in [2.24, 2.45) is 5.92 Å². The second-order valence-corrected chi connectivity index (χ2v) is 7.73. The Morgan fingerprint density at radius 3 is 2.64 bits per heavy atom. The number of β-amino-alcohol motifs (C(OH)–C–C–N with tert-alkyl or cyclic N) is 1. The van der Waals surface area contributed by atoms with E-state index in [2.05, 4.69) is 23.6 Å².